The Bertz CT molecular complexity index is 453. The quantitative estimate of drug-likeness (QED) is 0.336. The van der Waals surface area contributed by atoms with Gasteiger partial charge in [0.1, 0.15) is 0 Å². The molecule has 0 radical (unpaired) electrons. The maximum absolute atomic E-state index is 12.2. The summed E-state index contributed by atoms with van der Waals surface area (Å²) in [5, 5.41) is 6.93. The maximum atomic E-state index is 12.2. The van der Waals surface area contributed by atoms with Crippen molar-refractivity contribution in [3.05, 3.63) is 0 Å². The van der Waals surface area contributed by atoms with Gasteiger partial charge in [-0.05, 0) is 53.4 Å². The van der Waals surface area contributed by atoms with Crippen LogP contribution in [0, 0.1) is 0 Å². The summed E-state index contributed by atoms with van der Waals surface area (Å²) in [7, 11) is -0.840. The summed E-state index contributed by atoms with van der Waals surface area (Å²) in [5.41, 5.74) is 0. The molecule has 1 heterocycles. The maximum Gasteiger partial charge on any atom is 0.191 e. The Balaban J connectivity index is 0.00000338. The molecule has 1 aliphatic carbocycles. The van der Waals surface area contributed by atoms with Crippen molar-refractivity contribution in [3.63, 3.8) is 0 Å². The number of nitrogens with zero attached hydrogens (tertiary/aromatic N) is 2. The average molecular weight is 499 g/mol. The molecule has 0 aromatic rings. The van der Waals surface area contributed by atoms with E-state index in [-0.39, 0.29) is 28.7 Å². The molecule has 7 heteroatoms. The predicted molar refractivity (Wildman–Crippen MR) is 124 cm³/mol. The topological polar surface area (TPSA) is 56.7 Å². The molecule has 0 aromatic heterocycles. The van der Waals surface area contributed by atoms with Gasteiger partial charge in [0.15, 0.2) is 5.96 Å². The molecule has 2 aliphatic rings. The average Bonchev–Trinajstić information content (AvgIpc) is 3.09. The van der Waals surface area contributed by atoms with Crippen LogP contribution in [0.3, 0.4) is 0 Å². The molecule has 5 nitrogen and oxygen atoms in total. The summed E-state index contributed by atoms with van der Waals surface area (Å²) in [6, 6.07) is 1.35. The van der Waals surface area contributed by atoms with Gasteiger partial charge in [-0.2, -0.15) is 0 Å². The van der Waals surface area contributed by atoms with Crippen molar-refractivity contribution in [3.8, 4) is 0 Å². The van der Waals surface area contributed by atoms with Gasteiger partial charge in [-0.25, -0.2) is 0 Å². The number of likely N-dealkylation sites (tertiary alicyclic amines) is 1. The fourth-order valence-corrected chi connectivity index (χ4v) is 4.61. The minimum absolute atomic E-state index is 0. The van der Waals surface area contributed by atoms with Gasteiger partial charge < -0.3 is 15.5 Å². The smallest absolute Gasteiger partial charge is 0.191 e. The van der Waals surface area contributed by atoms with Crippen molar-refractivity contribution in [1.82, 2.24) is 15.5 Å². The molecule has 1 atom stereocenters. The van der Waals surface area contributed by atoms with E-state index < -0.39 is 10.8 Å². The fraction of sp³-hybridized carbons (Fsp3) is 0.947. The highest BCUT2D eigenvalue weighted by Crippen LogP contribution is 2.26. The molecule has 0 bridgehead atoms. The predicted octanol–water partition coefficient (Wildman–Crippen LogP) is 3.11. The van der Waals surface area contributed by atoms with Crippen molar-refractivity contribution in [2.75, 3.05) is 31.9 Å². The second-order valence-electron chi connectivity index (χ2n) is 8.32. The third-order valence-corrected chi connectivity index (χ3v) is 7.20. The first-order valence-corrected chi connectivity index (χ1v) is 11.4. The summed E-state index contributed by atoms with van der Waals surface area (Å²) in [6.07, 6.45) is 8.00. The lowest BCUT2D eigenvalue weighted by molar-refractivity contribution is 0.150. The largest absolute Gasteiger partial charge is 0.357 e. The van der Waals surface area contributed by atoms with E-state index in [0.29, 0.717) is 18.3 Å². The zero-order valence-electron chi connectivity index (χ0n) is 17.1. The van der Waals surface area contributed by atoms with Crippen molar-refractivity contribution in [2.45, 2.75) is 83.1 Å². The van der Waals surface area contributed by atoms with E-state index in [1.807, 2.05) is 20.8 Å². The van der Waals surface area contributed by atoms with Gasteiger partial charge >= 0.3 is 0 Å². The molecule has 2 N–H and O–H groups in total. The highest BCUT2D eigenvalue weighted by atomic mass is 127. The highest BCUT2D eigenvalue weighted by molar-refractivity contribution is 14.0. The van der Waals surface area contributed by atoms with Crippen molar-refractivity contribution >= 4 is 40.7 Å². The molecule has 0 aromatic carbocycles. The van der Waals surface area contributed by atoms with Gasteiger partial charge in [0.25, 0.3) is 0 Å². The molecule has 1 aliphatic heterocycles. The SMILES string of the molecule is CCNC(=NCCS(=O)C(C)(C)C)NC1CCN(C2CCCC2)CC1.I. The Morgan fingerprint density at radius 3 is 2.31 bits per heavy atom. The Hall–Kier alpha value is 0.110. The Morgan fingerprint density at radius 2 is 1.77 bits per heavy atom. The molecule has 1 unspecified atom stereocenters. The molecule has 0 amide bonds. The number of halogens is 1. The van der Waals surface area contributed by atoms with E-state index in [9.17, 15) is 4.21 Å². The summed E-state index contributed by atoms with van der Waals surface area (Å²) < 4.78 is 12.0. The van der Waals surface area contributed by atoms with Gasteiger partial charge in [0, 0.05) is 53.0 Å². The van der Waals surface area contributed by atoms with Crippen molar-refractivity contribution < 1.29 is 4.21 Å². The first-order chi connectivity index (χ1) is 11.9. The minimum atomic E-state index is -0.840. The lowest BCUT2D eigenvalue weighted by Gasteiger charge is -2.36. The number of hydrogen-bond donors (Lipinski definition) is 2. The van der Waals surface area contributed by atoms with E-state index in [4.69, 9.17) is 0 Å². The highest BCUT2D eigenvalue weighted by Gasteiger charge is 2.27. The number of rotatable bonds is 6. The first-order valence-electron chi connectivity index (χ1n) is 10.1. The molecule has 154 valence electrons. The van der Waals surface area contributed by atoms with Gasteiger partial charge in [0.2, 0.25) is 0 Å². The van der Waals surface area contributed by atoms with Crippen molar-refractivity contribution in [2.24, 2.45) is 4.99 Å². The first kappa shape index (κ1) is 24.1. The Morgan fingerprint density at radius 1 is 1.15 bits per heavy atom. The summed E-state index contributed by atoms with van der Waals surface area (Å²) in [5.74, 6) is 1.51. The molecular formula is C19H39IN4OS. The number of nitrogens with one attached hydrogen (secondary N) is 2. The minimum Gasteiger partial charge on any atom is -0.357 e. The summed E-state index contributed by atoms with van der Waals surface area (Å²) in [4.78, 5) is 7.34. The number of aliphatic imine (C=N–C) groups is 1. The van der Waals surface area contributed by atoms with E-state index in [0.717, 1.165) is 18.5 Å². The zero-order chi connectivity index (χ0) is 18.3. The van der Waals surface area contributed by atoms with Gasteiger partial charge in [-0.15, -0.1) is 24.0 Å². The fourth-order valence-electron chi connectivity index (χ4n) is 3.74. The number of hydrogen-bond acceptors (Lipinski definition) is 3. The van der Waals surface area contributed by atoms with Crippen molar-refractivity contribution in [1.29, 1.82) is 0 Å². The van der Waals surface area contributed by atoms with Crippen LogP contribution in [0.5, 0.6) is 0 Å². The molecule has 1 saturated heterocycles. The third-order valence-electron chi connectivity index (χ3n) is 5.29. The van der Waals surface area contributed by atoms with E-state index in [1.165, 1.54) is 51.6 Å². The summed E-state index contributed by atoms with van der Waals surface area (Å²) in [6.45, 7) is 12.0. The molecule has 1 saturated carbocycles. The van der Waals surface area contributed by atoms with Crippen LogP contribution in [0.4, 0.5) is 0 Å². The van der Waals surface area contributed by atoms with Crippen LogP contribution in [0.25, 0.3) is 0 Å². The second kappa shape index (κ2) is 11.8. The van der Waals surface area contributed by atoms with E-state index in [1.54, 1.807) is 0 Å². The monoisotopic (exact) mass is 498 g/mol. The Kier molecular flexibility index (Phi) is 11.0. The number of piperidine rings is 1. The Labute approximate surface area is 180 Å². The molecule has 0 spiro atoms. The zero-order valence-corrected chi connectivity index (χ0v) is 20.2. The van der Waals surface area contributed by atoms with Crippen LogP contribution in [0.15, 0.2) is 4.99 Å². The molecular weight excluding hydrogens is 459 g/mol. The lowest BCUT2D eigenvalue weighted by Crippen LogP contribution is -2.50. The number of guanidine groups is 1. The van der Waals surface area contributed by atoms with E-state index >= 15 is 0 Å². The molecule has 26 heavy (non-hydrogen) atoms. The van der Waals surface area contributed by atoms with Crippen LogP contribution in [0.2, 0.25) is 0 Å². The summed E-state index contributed by atoms with van der Waals surface area (Å²) >= 11 is 0. The van der Waals surface area contributed by atoms with Gasteiger partial charge in [-0.3, -0.25) is 9.20 Å². The van der Waals surface area contributed by atoms with Crippen LogP contribution < -0.4 is 10.6 Å². The standard InChI is InChI=1S/C19H38N4OS.HI/c1-5-20-18(21-12-15-25(24)19(2,3)4)22-16-10-13-23(14-11-16)17-8-6-7-9-17;/h16-17H,5-15H2,1-4H3,(H2,20,21,22);1H. The van der Waals surface area contributed by atoms with Crippen LogP contribution >= 0.6 is 24.0 Å². The van der Waals surface area contributed by atoms with Gasteiger partial charge in [0.05, 0.1) is 6.54 Å². The third kappa shape index (κ3) is 8.00. The lowest BCUT2D eigenvalue weighted by atomic mass is 10.0. The van der Waals surface area contributed by atoms with E-state index in [2.05, 4.69) is 27.4 Å². The normalized spacial score (nSPS) is 22.1. The second-order valence-corrected chi connectivity index (χ2v) is 10.6. The molecule has 2 fully saturated rings. The van der Waals surface area contributed by atoms with Crippen LogP contribution in [0.1, 0.15) is 66.2 Å². The van der Waals surface area contributed by atoms with Crippen LogP contribution in [-0.2, 0) is 10.8 Å². The molecule has 2 rings (SSSR count). The van der Waals surface area contributed by atoms with Crippen LogP contribution in [-0.4, -0.2) is 63.8 Å². The van der Waals surface area contributed by atoms with Gasteiger partial charge in [-0.1, -0.05) is 12.8 Å².